The summed E-state index contributed by atoms with van der Waals surface area (Å²) >= 11 is 0. The molecule has 0 spiro atoms. The van der Waals surface area contributed by atoms with Gasteiger partial charge in [0.1, 0.15) is 0 Å². The Hall–Kier alpha value is -2.79. The van der Waals surface area contributed by atoms with Crippen LogP contribution in [0.4, 0.5) is 0 Å². The average Bonchev–Trinajstić information content (AvgIpc) is 3.06. The molecule has 0 bridgehead atoms. The Labute approximate surface area is 129 Å². The smallest absolute Gasteiger partial charge is 0.392 e. The molecule has 5 nitrogen and oxygen atoms in total. The highest BCUT2D eigenvalue weighted by atomic mass is 16.3. The van der Waals surface area contributed by atoms with Crippen molar-refractivity contribution in [3.63, 3.8) is 0 Å². The van der Waals surface area contributed by atoms with Crippen molar-refractivity contribution in [3.8, 4) is 11.8 Å². The molecule has 1 aromatic rings. The number of likely N-dealkylation sites (tertiary alicyclic amines) is 1. The van der Waals surface area contributed by atoms with Gasteiger partial charge >= 0.3 is 6.20 Å². The van der Waals surface area contributed by atoms with Crippen LogP contribution in [-0.4, -0.2) is 29.0 Å². The first-order chi connectivity index (χ1) is 10.7. The molecule has 0 aromatic heterocycles. The highest BCUT2D eigenvalue weighted by Gasteiger charge is 2.16. The first kappa shape index (κ1) is 15.6. The Bertz CT molecular complexity index is 671. The van der Waals surface area contributed by atoms with Gasteiger partial charge in [-0.15, -0.1) is 0 Å². The van der Waals surface area contributed by atoms with Gasteiger partial charge in [0.25, 0.3) is 0 Å². The van der Waals surface area contributed by atoms with E-state index in [1.165, 1.54) is 0 Å². The lowest BCUT2D eigenvalue weighted by Crippen LogP contribution is -2.27. The fourth-order valence-electron chi connectivity index (χ4n) is 2.39. The lowest BCUT2D eigenvalue weighted by molar-refractivity contribution is -0.129. The van der Waals surface area contributed by atoms with Crippen molar-refractivity contribution in [2.45, 2.75) is 25.7 Å². The second-order valence-corrected chi connectivity index (χ2v) is 5.07. The van der Waals surface area contributed by atoms with Gasteiger partial charge in [0.05, 0.1) is 0 Å². The molecule has 22 heavy (non-hydrogen) atoms. The fraction of sp³-hybridized carbons (Fsp3) is 0.353. The Kier molecular flexibility index (Phi) is 5.57. The molecule has 0 unspecified atom stereocenters. The van der Waals surface area contributed by atoms with Crippen molar-refractivity contribution in [2.24, 2.45) is 0 Å². The van der Waals surface area contributed by atoms with E-state index in [1.54, 1.807) is 18.2 Å². The van der Waals surface area contributed by atoms with Crippen LogP contribution in [0.3, 0.4) is 0 Å². The predicted molar refractivity (Wildman–Crippen MR) is 84.1 cm³/mol. The van der Waals surface area contributed by atoms with Crippen LogP contribution in [0, 0.1) is 17.2 Å². The van der Waals surface area contributed by atoms with E-state index in [4.69, 9.17) is 5.39 Å². The second-order valence-electron chi connectivity index (χ2n) is 5.07. The van der Waals surface area contributed by atoms with Crippen LogP contribution >= 0.6 is 0 Å². The number of rotatable bonds is 3. The Balaban J connectivity index is 1.98. The topological polar surface area (TPSA) is 68.7 Å². The minimum atomic E-state index is -0.152. The monoisotopic (exact) mass is 296 g/mol. The molecule has 5 heteroatoms. The normalized spacial score (nSPS) is 14.1. The van der Waals surface area contributed by atoms with E-state index in [0.717, 1.165) is 32.1 Å². The molecular weight excluding hydrogens is 278 g/mol. The molecule has 0 aliphatic carbocycles. The maximum atomic E-state index is 11.9. The standard InChI is InChI=1S/C17H17N3O2/c18-19-13-16(21)15-9-3-1-7-14(15)8-2-4-10-17(22)20-11-5-6-12-20/h1,3,7,9,13H,4-6,10-12H2/p+1/b16-13-. The summed E-state index contributed by atoms with van der Waals surface area (Å²) in [6.07, 6.45) is 4.04. The summed E-state index contributed by atoms with van der Waals surface area (Å²) in [5.74, 6) is 5.92. The van der Waals surface area contributed by atoms with Crippen molar-refractivity contribution in [3.05, 3.63) is 46.6 Å². The zero-order valence-electron chi connectivity index (χ0n) is 12.3. The molecule has 1 aliphatic rings. The fourth-order valence-corrected chi connectivity index (χ4v) is 2.39. The molecule has 1 heterocycles. The summed E-state index contributed by atoms with van der Waals surface area (Å²) in [7, 11) is 0. The van der Waals surface area contributed by atoms with Crippen LogP contribution in [0.25, 0.3) is 10.7 Å². The number of aliphatic hydroxyl groups is 1. The van der Waals surface area contributed by atoms with Crippen molar-refractivity contribution in [1.82, 2.24) is 4.90 Å². The van der Waals surface area contributed by atoms with Crippen molar-refractivity contribution >= 4 is 11.7 Å². The van der Waals surface area contributed by atoms with Gasteiger partial charge in [-0.2, -0.15) is 0 Å². The van der Waals surface area contributed by atoms with E-state index >= 15 is 0 Å². The number of amides is 1. The molecule has 0 saturated carbocycles. The van der Waals surface area contributed by atoms with Crippen LogP contribution in [0.5, 0.6) is 0 Å². The molecule has 1 amide bonds. The second kappa shape index (κ2) is 7.85. The van der Waals surface area contributed by atoms with E-state index in [-0.39, 0.29) is 11.7 Å². The first-order valence-corrected chi connectivity index (χ1v) is 7.32. The highest BCUT2D eigenvalue weighted by molar-refractivity contribution is 5.76. The van der Waals surface area contributed by atoms with Crippen molar-refractivity contribution < 1.29 is 9.90 Å². The summed E-state index contributed by atoms with van der Waals surface area (Å²) in [4.78, 5) is 16.6. The number of nitrogens with zero attached hydrogens (tertiary/aromatic N) is 3. The lowest BCUT2D eigenvalue weighted by atomic mass is 10.1. The van der Waals surface area contributed by atoms with Crippen LogP contribution in [-0.2, 0) is 4.79 Å². The van der Waals surface area contributed by atoms with Crippen LogP contribution in [0.1, 0.15) is 36.8 Å². The Morgan fingerprint density at radius 3 is 2.82 bits per heavy atom. The molecular formula is C17H18N3O2+. The van der Waals surface area contributed by atoms with Gasteiger partial charge in [-0.3, -0.25) is 4.79 Å². The SMILES string of the molecule is N#[N+]/C=C(\O)c1ccccc1C#CCCC(=O)N1CCCC1. The maximum Gasteiger partial charge on any atom is 0.392 e. The number of carbonyl (C=O) groups excluding carboxylic acids is 1. The summed E-state index contributed by atoms with van der Waals surface area (Å²) < 4.78 is 0. The molecule has 1 saturated heterocycles. The molecule has 0 radical (unpaired) electrons. The summed E-state index contributed by atoms with van der Waals surface area (Å²) in [6.45, 7) is 1.72. The molecule has 1 aliphatic heterocycles. The zero-order valence-corrected chi connectivity index (χ0v) is 12.3. The first-order valence-electron chi connectivity index (χ1n) is 7.32. The summed E-state index contributed by atoms with van der Waals surface area (Å²) in [5, 5.41) is 18.2. The van der Waals surface area contributed by atoms with E-state index in [9.17, 15) is 9.90 Å². The average molecular weight is 296 g/mol. The third-order valence-electron chi connectivity index (χ3n) is 3.53. The van der Waals surface area contributed by atoms with Gasteiger partial charge in [-0.05, 0) is 25.0 Å². The zero-order chi connectivity index (χ0) is 15.8. The van der Waals surface area contributed by atoms with E-state index in [0.29, 0.717) is 24.0 Å². The van der Waals surface area contributed by atoms with Crippen LogP contribution in [0.2, 0.25) is 0 Å². The quantitative estimate of drug-likeness (QED) is 0.529. The molecule has 2 rings (SSSR count). The predicted octanol–water partition coefficient (Wildman–Crippen LogP) is 3.15. The summed E-state index contributed by atoms with van der Waals surface area (Å²) in [6, 6.07) is 7.04. The number of aliphatic hydroxyl groups excluding tert-OH is 1. The molecule has 112 valence electrons. The maximum absolute atomic E-state index is 11.9. The van der Waals surface area contributed by atoms with Gasteiger partial charge in [-0.25, -0.2) is 0 Å². The highest BCUT2D eigenvalue weighted by Crippen LogP contribution is 2.16. The van der Waals surface area contributed by atoms with Gasteiger partial charge in [0.2, 0.25) is 17.1 Å². The largest absolute Gasteiger partial charge is 0.501 e. The van der Waals surface area contributed by atoms with Gasteiger partial charge in [-0.1, -0.05) is 24.0 Å². The number of hydrogen-bond donors (Lipinski definition) is 1. The third-order valence-corrected chi connectivity index (χ3v) is 3.53. The minimum Gasteiger partial charge on any atom is -0.501 e. The minimum absolute atomic E-state index is 0.152. The number of hydrogen-bond acceptors (Lipinski definition) is 3. The third kappa shape index (κ3) is 4.10. The van der Waals surface area contributed by atoms with Gasteiger partial charge in [0.15, 0.2) is 4.98 Å². The van der Waals surface area contributed by atoms with Gasteiger partial charge in [0, 0.05) is 37.1 Å². The number of carbonyl (C=O) groups is 1. The van der Waals surface area contributed by atoms with E-state index in [1.807, 2.05) is 11.0 Å². The van der Waals surface area contributed by atoms with Crippen molar-refractivity contribution in [1.29, 1.82) is 5.39 Å². The Morgan fingerprint density at radius 1 is 1.36 bits per heavy atom. The number of benzene rings is 1. The van der Waals surface area contributed by atoms with Crippen LogP contribution in [0.15, 0.2) is 30.5 Å². The van der Waals surface area contributed by atoms with Gasteiger partial charge < -0.3 is 10.0 Å². The molecule has 1 aromatic carbocycles. The van der Waals surface area contributed by atoms with Crippen molar-refractivity contribution in [2.75, 3.05) is 13.1 Å². The molecule has 1 N–H and O–H groups in total. The lowest BCUT2D eigenvalue weighted by Gasteiger charge is -2.13. The van der Waals surface area contributed by atoms with E-state index in [2.05, 4.69) is 16.8 Å². The molecule has 1 fully saturated rings. The van der Waals surface area contributed by atoms with Crippen LogP contribution < -0.4 is 0 Å². The Morgan fingerprint density at radius 2 is 2.09 bits per heavy atom. The molecule has 0 atom stereocenters. The summed E-state index contributed by atoms with van der Waals surface area (Å²) in [5.41, 5.74) is 1.13. The number of diazo groups is 1. The van der Waals surface area contributed by atoms with E-state index < -0.39 is 0 Å².